The molecule has 0 bridgehead atoms. The van der Waals surface area contributed by atoms with Crippen LogP contribution < -0.4 is 5.32 Å². The summed E-state index contributed by atoms with van der Waals surface area (Å²) in [5.41, 5.74) is 0. The zero-order chi connectivity index (χ0) is 14.6. The number of sulfone groups is 1. The highest BCUT2D eigenvalue weighted by molar-refractivity contribution is 7.91. The van der Waals surface area contributed by atoms with Crippen molar-refractivity contribution in [2.45, 2.75) is 31.2 Å². The Bertz CT molecular complexity index is 531. The highest BCUT2D eigenvalue weighted by Gasteiger charge is 2.24. The minimum atomic E-state index is -3.37. The predicted octanol–water partition coefficient (Wildman–Crippen LogP) is 3.40. The molecule has 0 aliphatic heterocycles. The van der Waals surface area contributed by atoms with Gasteiger partial charge < -0.3 is 5.32 Å². The summed E-state index contributed by atoms with van der Waals surface area (Å²) in [7, 11) is -1.59. The molecule has 1 rings (SSSR count). The van der Waals surface area contributed by atoms with Gasteiger partial charge in [0.05, 0.1) is 20.7 Å². The van der Waals surface area contributed by atoms with Crippen molar-refractivity contribution in [3.05, 3.63) is 28.2 Å². The minimum absolute atomic E-state index is 0.0521. The van der Waals surface area contributed by atoms with E-state index in [4.69, 9.17) is 23.2 Å². The van der Waals surface area contributed by atoms with E-state index in [1.54, 1.807) is 7.05 Å². The molecule has 1 aromatic carbocycles. The van der Waals surface area contributed by atoms with Crippen LogP contribution in [0.5, 0.6) is 0 Å². The van der Waals surface area contributed by atoms with E-state index >= 15 is 0 Å². The van der Waals surface area contributed by atoms with Gasteiger partial charge in [0.2, 0.25) is 0 Å². The van der Waals surface area contributed by atoms with Gasteiger partial charge in [-0.05, 0) is 31.2 Å². The monoisotopic (exact) mass is 323 g/mol. The second-order valence-corrected chi connectivity index (χ2v) is 7.49. The maximum Gasteiger partial charge on any atom is 0.179 e. The van der Waals surface area contributed by atoms with Gasteiger partial charge in [0.25, 0.3) is 0 Å². The molecule has 0 spiro atoms. The summed E-state index contributed by atoms with van der Waals surface area (Å²) in [6, 6.07) is 4.33. The molecular weight excluding hydrogens is 305 g/mol. The number of nitrogens with one attached hydrogen (secondary N) is 1. The largest absolute Gasteiger partial charge is 0.316 e. The number of rotatable bonds is 6. The van der Waals surface area contributed by atoms with Crippen LogP contribution in [0, 0.1) is 5.92 Å². The quantitative estimate of drug-likeness (QED) is 0.872. The van der Waals surface area contributed by atoms with Gasteiger partial charge in [-0.1, -0.05) is 43.5 Å². The first-order valence-electron chi connectivity index (χ1n) is 6.17. The average molecular weight is 324 g/mol. The van der Waals surface area contributed by atoms with Gasteiger partial charge in [0.15, 0.2) is 9.84 Å². The Balaban J connectivity index is 3.00. The summed E-state index contributed by atoms with van der Waals surface area (Å²) in [5, 5.41) is 3.68. The van der Waals surface area contributed by atoms with E-state index in [2.05, 4.69) is 5.32 Å². The van der Waals surface area contributed by atoms with Gasteiger partial charge in [-0.25, -0.2) is 8.42 Å². The van der Waals surface area contributed by atoms with E-state index < -0.39 is 9.84 Å². The summed E-state index contributed by atoms with van der Waals surface area (Å²) in [6.07, 6.45) is 0.919. The zero-order valence-corrected chi connectivity index (χ0v) is 13.6. The van der Waals surface area contributed by atoms with Crippen molar-refractivity contribution in [1.29, 1.82) is 0 Å². The van der Waals surface area contributed by atoms with Gasteiger partial charge in [0.1, 0.15) is 0 Å². The van der Waals surface area contributed by atoms with E-state index in [-0.39, 0.29) is 27.6 Å². The number of hydrogen-bond donors (Lipinski definition) is 1. The highest BCUT2D eigenvalue weighted by atomic mass is 35.5. The fourth-order valence-electron chi connectivity index (χ4n) is 1.82. The van der Waals surface area contributed by atoms with Crippen molar-refractivity contribution < 1.29 is 8.42 Å². The van der Waals surface area contributed by atoms with Gasteiger partial charge in [-0.2, -0.15) is 0 Å². The third-order valence-electron chi connectivity index (χ3n) is 3.35. The molecule has 1 N–H and O–H groups in total. The topological polar surface area (TPSA) is 46.2 Å². The van der Waals surface area contributed by atoms with Gasteiger partial charge in [0, 0.05) is 6.04 Å². The highest BCUT2D eigenvalue weighted by Crippen LogP contribution is 2.26. The van der Waals surface area contributed by atoms with Gasteiger partial charge >= 0.3 is 0 Å². The fourth-order valence-corrected chi connectivity index (χ4v) is 3.92. The first-order valence-corrected chi connectivity index (χ1v) is 8.57. The maximum absolute atomic E-state index is 12.3. The van der Waals surface area contributed by atoms with Crippen molar-refractivity contribution in [3.63, 3.8) is 0 Å². The smallest absolute Gasteiger partial charge is 0.179 e. The van der Waals surface area contributed by atoms with Crippen LogP contribution in [0.25, 0.3) is 0 Å². The van der Waals surface area contributed by atoms with Crippen LogP contribution in [0.1, 0.15) is 20.3 Å². The molecule has 6 heteroatoms. The molecule has 2 unspecified atom stereocenters. The molecule has 0 aromatic heterocycles. The molecule has 2 atom stereocenters. The molecule has 3 nitrogen and oxygen atoms in total. The van der Waals surface area contributed by atoms with Crippen molar-refractivity contribution in [1.82, 2.24) is 5.32 Å². The molecule has 0 saturated heterocycles. The van der Waals surface area contributed by atoms with E-state index in [0.717, 1.165) is 6.42 Å². The Labute approximate surface area is 125 Å². The van der Waals surface area contributed by atoms with Crippen molar-refractivity contribution in [2.24, 2.45) is 5.92 Å². The molecule has 0 radical (unpaired) electrons. The lowest BCUT2D eigenvalue weighted by Crippen LogP contribution is -2.38. The summed E-state index contributed by atoms with van der Waals surface area (Å²) >= 11 is 11.7. The molecule has 0 amide bonds. The van der Waals surface area contributed by atoms with Crippen molar-refractivity contribution in [2.75, 3.05) is 12.8 Å². The number of hydrogen-bond acceptors (Lipinski definition) is 3. The molecule has 0 heterocycles. The van der Waals surface area contributed by atoms with Crippen LogP contribution in [0.3, 0.4) is 0 Å². The van der Waals surface area contributed by atoms with E-state index in [9.17, 15) is 8.42 Å². The molecule has 1 aromatic rings. The molecule has 0 saturated carbocycles. The molecule has 0 aliphatic carbocycles. The Morgan fingerprint density at radius 1 is 1.26 bits per heavy atom. The van der Waals surface area contributed by atoms with E-state index in [0.29, 0.717) is 5.02 Å². The normalized spacial score (nSPS) is 15.2. The maximum atomic E-state index is 12.3. The first kappa shape index (κ1) is 16.8. The van der Waals surface area contributed by atoms with Crippen LogP contribution in [0.2, 0.25) is 10.0 Å². The third-order valence-corrected chi connectivity index (χ3v) is 5.86. The Kier molecular flexibility index (Phi) is 6.12. The standard InChI is InChI=1S/C13H19Cl2NO2S/c1-4-9(2)13(16-3)8-19(17,18)10-5-6-11(14)12(15)7-10/h5-7,9,13,16H,4,8H2,1-3H3. The van der Waals surface area contributed by atoms with Crippen LogP contribution in [0.15, 0.2) is 23.1 Å². The summed E-state index contributed by atoms with van der Waals surface area (Å²) in [5.74, 6) is 0.332. The van der Waals surface area contributed by atoms with Crippen molar-refractivity contribution >= 4 is 33.0 Å². The Hall–Kier alpha value is -0.290. The fraction of sp³-hybridized carbons (Fsp3) is 0.538. The SMILES string of the molecule is CCC(C)C(CS(=O)(=O)c1ccc(Cl)c(Cl)c1)NC. The molecular formula is C13H19Cl2NO2S. The molecule has 0 aliphatic rings. The van der Waals surface area contributed by atoms with Crippen molar-refractivity contribution in [3.8, 4) is 0 Å². The predicted molar refractivity (Wildman–Crippen MR) is 80.8 cm³/mol. The lowest BCUT2D eigenvalue weighted by atomic mass is 10.0. The Morgan fingerprint density at radius 2 is 1.89 bits per heavy atom. The van der Waals surface area contributed by atoms with E-state index in [1.165, 1.54) is 18.2 Å². The third kappa shape index (κ3) is 4.35. The second kappa shape index (κ2) is 6.93. The molecule has 19 heavy (non-hydrogen) atoms. The number of halogens is 2. The summed E-state index contributed by atoms with van der Waals surface area (Å²) < 4.78 is 24.7. The lowest BCUT2D eigenvalue weighted by molar-refractivity contribution is 0.414. The summed E-state index contributed by atoms with van der Waals surface area (Å²) in [4.78, 5) is 0.213. The average Bonchev–Trinajstić information content (AvgIpc) is 2.38. The van der Waals surface area contributed by atoms with E-state index in [1.807, 2.05) is 13.8 Å². The zero-order valence-electron chi connectivity index (χ0n) is 11.3. The van der Waals surface area contributed by atoms with Gasteiger partial charge in [-0.15, -0.1) is 0 Å². The lowest BCUT2D eigenvalue weighted by Gasteiger charge is -2.22. The molecule has 0 fully saturated rings. The summed E-state index contributed by atoms with van der Waals surface area (Å²) in [6.45, 7) is 4.08. The van der Waals surface area contributed by atoms with Crippen LogP contribution >= 0.6 is 23.2 Å². The number of benzene rings is 1. The van der Waals surface area contributed by atoms with Gasteiger partial charge in [-0.3, -0.25) is 0 Å². The Morgan fingerprint density at radius 3 is 2.37 bits per heavy atom. The van der Waals surface area contributed by atoms with Crippen LogP contribution in [-0.2, 0) is 9.84 Å². The van der Waals surface area contributed by atoms with Crippen LogP contribution in [-0.4, -0.2) is 27.3 Å². The van der Waals surface area contributed by atoms with Crippen LogP contribution in [0.4, 0.5) is 0 Å². The second-order valence-electron chi connectivity index (χ2n) is 4.64. The molecule has 108 valence electrons. The first-order chi connectivity index (χ1) is 8.81. The minimum Gasteiger partial charge on any atom is -0.316 e.